The molecule has 0 bridgehead atoms. The van der Waals surface area contributed by atoms with Crippen molar-refractivity contribution in [2.24, 2.45) is 5.41 Å². The molecule has 0 amide bonds. The minimum atomic E-state index is -0.246. The molecule has 88 valence electrons. The van der Waals surface area contributed by atoms with E-state index in [9.17, 15) is 4.79 Å². The summed E-state index contributed by atoms with van der Waals surface area (Å²) >= 11 is 0. The van der Waals surface area contributed by atoms with Crippen molar-refractivity contribution < 1.29 is 4.79 Å². The van der Waals surface area contributed by atoms with Crippen molar-refractivity contribution in [3.63, 3.8) is 0 Å². The molecule has 16 heavy (non-hydrogen) atoms. The summed E-state index contributed by atoms with van der Waals surface area (Å²) in [4.78, 5) is 17.4. The first-order chi connectivity index (χ1) is 7.59. The van der Waals surface area contributed by atoms with Crippen molar-refractivity contribution >= 4 is 6.29 Å². The largest absolute Gasteiger partial charge is 0.303 e. The van der Waals surface area contributed by atoms with Gasteiger partial charge in [-0.1, -0.05) is 19.9 Å². The molecule has 0 aromatic carbocycles. The molecule has 0 aliphatic rings. The molecule has 0 radical (unpaired) electrons. The fraction of sp³-hybridized carbons (Fsp3) is 0.538. The number of rotatable bonds is 6. The molecule has 0 saturated carbocycles. The van der Waals surface area contributed by atoms with Crippen LogP contribution in [0.2, 0.25) is 0 Å². The lowest BCUT2D eigenvalue weighted by Crippen LogP contribution is -2.34. The third-order valence-electron chi connectivity index (χ3n) is 2.88. The Kier molecular flexibility index (Phi) is 4.62. The van der Waals surface area contributed by atoms with E-state index in [0.29, 0.717) is 0 Å². The normalized spacial score (nSPS) is 14.8. The molecule has 0 fully saturated rings. The van der Waals surface area contributed by atoms with Gasteiger partial charge in [0.25, 0.3) is 0 Å². The monoisotopic (exact) mass is 220 g/mol. The topological polar surface area (TPSA) is 33.2 Å². The molecule has 1 heterocycles. The molecule has 0 aliphatic carbocycles. The van der Waals surface area contributed by atoms with E-state index < -0.39 is 0 Å². The molecule has 0 aliphatic heterocycles. The van der Waals surface area contributed by atoms with E-state index in [-0.39, 0.29) is 5.41 Å². The van der Waals surface area contributed by atoms with Gasteiger partial charge in [-0.3, -0.25) is 9.88 Å². The molecule has 0 N–H and O–H groups in total. The first kappa shape index (κ1) is 12.8. The third-order valence-corrected chi connectivity index (χ3v) is 2.88. The highest BCUT2D eigenvalue weighted by molar-refractivity contribution is 5.58. The van der Waals surface area contributed by atoms with Gasteiger partial charge in [0.15, 0.2) is 0 Å². The molecule has 3 heteroatoms. The van der Waals surface area contributed by atoms with Crippen molar-refractivity contribution in [2.45, 2.75) is 26.8 Å². The van der Waals surface area contributed by atoms with Gasteiger partial charge in [0.1, 0.15) is 6.29 Å². The van der Waals surface area contributed by atoms with Gasteiger partial charge >= 0.3 is 0 Å². The zero-order chi connectivity index (χ0) is 12.0. The Morgan fingerprint density at radius 2 is 2.25 bits per heavy atom. The van der Waals surface area contributed by atoms with Gasteiger partial charge in [0.05, 0.1) is 5.69 Å². The Morgan fingerprint density at radius 3 is 2.75 bits per heavy atom. The van der Waals surface area contributed by atoms with Crippen molar-refractivity contribution in [2.75, 3.05) is 13.6 Å². The van der Waals surface area contributed by atoms with Gasteiger partial charge in [0, 0.05) is 24.7 Å². The van der Waals surface area contributed by atoms with E-state index in [4.69, 9.17) is 0 Å². The van der Waals surface area contributed by atoms with Gasteiger partial charge < -0.3 is 4.79 Å². The summed E-state index contributed by atoms with van der Waals surface area (Å²) in [5.74, 6) is 0. The van der Waals surface area contributed by atoms with Gasteiger partial charge in [-0.2, -0.15) is 0 Å². The molecule has 1 atom stereocenters. The van der Waals surface area contributed by atoms with Crippen LogP contribution in [0.15, 0.2) is 24.4 Å². The van der Waals surface area contributed by atoms with Crippen LogP contribution in [-0.4, -0.2) is 29.8 Å². The first-order valence-corrected chi connectivity index (χ1v) is 5.64. The second kappa shape index (κ2) is 5.75. The second-order valence-corrected chi connectivity index (χ2v) is 4.62. The van der Waals surface area contributed by atoms with E-state index in [0.717, 1.165) is 31.5 Å². The quantitative estimate of drug-likeness (QED) is 0.689. The maximum atomic E-state index is 11.0. The van der Waals surface area contributed by atoms with Crippen LogP contribution in [0.3, 0.4) is 0 Å². The Bertz CT molecular complexity index is 326. The van der Waals surface area contributed by atoms with Crippen LogP contribution in [0.25, 0.3) is 0 Å². The highest BCUT2D eigenvalue weighted by atomic mass is 16.1. The molecule has 3 nitrogen and oxygen atoms in total. The summed E-state index contributed by atoms with van der Waals surface area (Å²) in [5.41, 5.74) is 0.790. The standard InChI is InChI=1S/C13H20N2O/c1-4-13(2,11-16)10-15(3)9-12-7-5-6-8-14-12/h5-8,11H,4,9-10H2,1-3H3. The number of hydrogen-bond acceptors (Lipinski definition) is 3. The highest BCUT2D eigenvalue weighted by Gasteiger charge is 2.23. The lowest BCUT2D eigenvalue weighted by Gasteiger charge is -2.27. The molecular formula is C13H20N2O. The van der Waals surface area contributed by atoms with Crippen LogP contribution in [0.1, 0.15) is 26.0 Å². The van der Waals surface area contributed by atoms with Gasteiger partial charge in [-0.25, -0.2) is 0 Å². The summed E-state index contributed by atoms with van der Waals surface area (Å²) < 4.78 is 0. The molecule has 1 aromatic rings. The van der Waals surface area contributed by atoms with Crippen LogP contribution >= 0.6 is 0 Å². The SMILES string of the molecule is CCC(C)(C=O)CN(C)Cc1ccccn1. The van der Waals surface area contributed by atoms with Crippen molar-refractivity contribution in [3.8, 4) is 0 Å². The molecule has 0 spiro atoms. The second-order valence-electron chi connectivity index (χ2n) is 4.62. The van der Waals surface area contributed by atoms with E-state index in [1.165, 1.54) is 0 Å². The van der Waals surface area contributed by atoms with Crippen molar-refractivity contribution in [3.05, 3.63) is 30.1 Å². The Hall–Kier alpha value is -1.22. The predicted molar refractivity (Wildman–Crippen MR) is 65.0 cm³/mol. The Balaban J connectivity index is 2.54. The zero-order valence-electron chi connectivity index (χ0n) is 10.3. The average molecular weight is 220 g/mol. The van der Waals surface area contributed by atoms with Crippen molar-refractivity contribution in [1.29, 1.82) is 0 Å². The minimum Gasteiger partial charge on any atom is -0.303 e. The number of aldehydes is 1. The fourth-order valence-electron chi connectivity index (χ4n) is 1.67. The van der Waals surface area contributed by atoms with E-state index in [2.05, 4.69) is 9.88 Å². The van der Waals surface area contributed by atoms with Crippen molar-refractivity contribution in [1.82, 2.24) is 9.88 Å². The summed E-state index contributed by atoms with van der Waals surface area (Å²) in [7, 11) is 2.02. The lowest BCUT2D eigenvalue weighted by atomic mass is 9.89. The van der Waals surface area contributed by atoms with Crippen LogP contribution in [-0.2, 0) is 11.3 Å². The number of hydrogen-bond donors (Lipinski definition) is 0. The zero-order valence-corrected chi connectivity index (χ0v) is 10.3. The number of pyridine rings is 1. The van der Waals surface area contributed by atoms with Gasteiger partial charge in [-0.15, -0.1) is 0 Å². The maximum Gasteiger partial charge on any atom is 0.127 e. The minimum absolute atomic E-state index is 0.246. The molecule has 1 unspecified atom stereocenters. The summed E-state index contributed by atoms with van der Waals surface area (Å²) in [6, 6.07) is 5.89. The number of carbonyl (C=O) groups is 1. The Labute approximate surface area is 97.5 Å². The number of aromatic nitrogens is 1. The molecule has 1 rings (SSSR count). The molecular weight excluding hydrogens is 200 g/mol. The smallest absolute Gasteiger partial charge is 0.127 e. The molecule has 0 saturated heterocycles. The number of nitrogens with zero attached hydrogens (tertiary/aromatic N) is 2. The molecule has 1 aromatic heterocycles. The van der Waals surface area contributed by atoms with Gasteiger partial charge in [-0.05, 0) is 25.6 Å². The summed E-state index contributed by atoms with van der Waals surface area (Å²) in [6.45, 7) is 5.59. The van der Waals surface area contributed by atoms with Gasteiger partial charge in [0.2, 0.25) is 0 Å². The van der Waals surface area contributed by atoms with Crippen LogP contribution < -0.4 is 0 Å². The average Bonchev–Trinajstić information content (AvgIpc) is 2.30. The van der Waals surface area contributed by atoms with Crippen LogP contribution in [0.4, 0.5) is 0 Å². The summed E-state index contributed by atoms with van der Waals surface area (Å²) in [6.07, 6.45) is 3.72. The van der Waals surface area contributed by atoms with E-state index in [1.807, 2.05) is 39.1 Å². The van der Waals surface area contributed by atoms with Crippen LogP contribution in [0, 0.1) is 5.41 Å². The highest BCUT2D eigenvalue weighted by Crippen LogP contribution is 2.19. The predicted octanol–water partition coefficient (Wildman–Crippen LogP) is 2.13. The number of carbonyl (C=O) groups excluding carboxylic acids is 1. The van der Waals surface area contributed by atoms with E-state index >= 15 is 0 Å². The lowest BCUT2D eigenvalue weighted by molar-refractivity contribution is -0.116. The maximum absolute atomic E-state index is 11.0. The third kappa shape index (κ3) is 3.74. The van der Waals surface area contributed by atoms with E-state index in [1.54, 1.807) is 6.20 Å². The fourth-order valence-corrected chi connectivity index (χ4v) is 1.67. The van der Waals surface area contributed by atoms with Crippen LogP contribution in [0.5, 0.6) is 0 Å². The summed E-state index contributed by atoms with van der Waals surface area (Å²) in [5, 5.41) is 0. The Morgan fingerprint density at radius 1 is 1.50 bits per heavy atom. The first-order valence-electron chi connectivity index (χ1n) is 5.64.